The van der Waals surface area contributed by atoms with Crippen LogP contribution in [0.25, 0.3) is 0 Å². The normalized spacial score (nSPS) is 13.1. The standard InChI is InChI=1S/C11H19N5O3/c1-8(12)4-5-13-10(17)11(2,3)15-7-9(6-14-15)16(18)19/h6-8H,4-5,12H2,1-3H3,(H,13,17). The van der Waals surface area contributed by atoms with Gasteiger partial charge in [0.15, 0.2) is 0 Å². The van der Waals surface area contributed by atoms with Crippen LogP contribution in [-0.2, 0) is 10.3 Å². The summed E-state index contributed by atoms with van der Waals surface area (Å²) in [6.45, 7) is 5.60. The van der Waals surface area contributed by atoms with Gasteiger partial charge in [-0.05, 0) is 27.2 Å². The van der Waals surface area contributed by atoms with E-state index in [0.717, 1.165) is 6.20 Å². The predicted molar refractivity (Wildman–Crippen MR) is 69.5 cm³/mol. The van der Waals surface area contributed by atoms with Crippen LogP contribution in [0, 0.1) is 10.1 Å². The summed E-state index contributed by atoms with van der Waals surface area (Å²) in [6, 6.07) is 0.00852. The monoisotopic (exact) mass is 269 g/mol. The first-order valence-corrected chi connectivity index (χ1v) is 5.98. The Bertz CT molecular complexity index is 467. The first kappa shape index (κ1) is 15.1. The molecule has 0 bridgehead atoms. The van der Waals surface area contributed by atoms with Crippen molar-refractivity contribution in [3.05, 3.63) is 22.5 Å². The Morgan fingerprint density at radius 2 is 2.32 bits per heavy atom. The van der Waals surface area contributed by atoms with Gasteiger partial charge in [-0.1, -0.05) is 0 Å². The van der Waals surface area contributed by atoms with Gasteiger partial charge in [-0.25, -0.2) is 0 Å². The first-order valence-electron chi connectivity index (χ1n) is 5.98. The summed E-state index contributed by atoms with van der Waals surface area (Å²) in [5.74, 6) is -0.258. The quantitative estimate of drug-likeness (QED) is 0.572. The molecule has 19 heavy (non-hydrogen) atoms. The summed E-state index contributed by atoms with van der Waals surface area (Å²) in [7, 11) is 0. The SMILES string of the molecule is CC(N)CCNC(=O)C(C)(C)n1cc([N+](=O)[O-])cn1. The summed E-state index contributed by atoms with van der Waals surface area (Å²) < 4.78 is 1.28. The van der Waals surface area contributed by atoms with Crippen molar-refractivity contribution in [3.8, 4) is 0 Å². The molecule has 0 radical (unpaired) electrons. The van der Waals surface area contributed by atoms with Gasteiger partial charge in [0.25, 0.3) is 0 Å². The molecule has 0 aliphatic heterocycles. The summed E-state index contributed by atoms with van der Waals surface area (Å²) in [5, 5.41) is 17.2. The van der Waals surface area contributed by atoms with Crippen LogP contribution in [0.5, 0.6) is 0 Å². The van der Waals surface area contributed by atoms with Gasteiger partial charge in [-0.2, -0.15) is 5.10 Å². The highest BCUT2D eigenvalue weighted by Gasteiger charge is 2.31. The lowest BCUT2D eigenvalue weighted by atomic mass is 10.0. The summed E-state index contributed by atoms with van der Waals surface area (Å²) in [6.07, 6.45) is 3.03. The van der Waals surface area contributed by atoms with Crippen molar-refractivity contribution < 1.29 is 9.72 Å². The molecule has 1 atom stereocenters. The Balaban J connectivity index is 2.72. The molecular formula is C11H19N5O3. The molecule has 0 aliphatic carbocycles. The second-order valence-electron chi connectivity index (χ2n) is 4.98. The lowest BCUT2D eigenvalue weighted by Gasteiger charge is -2.24. The number of nitrogens with two attached hydrogens (primary N) is 1. The molecule has 0 fully saturated rings. The third kappa shape index (κ3) is 3.75. The molecule has 0 aromatic carbocycles. The highest BCUT2D eigenvalue weighted by Crippen LogP contribution is 2.18. The maximum atomic E-state index is 12.0. The average Bonchev–Trinajstić information content (AvgIpc) is 2.78. The molecular weight excluding hydrogens is 250 g/mol. The number of nitro groups is 1. The Morgan fingerprint density at radius 3 is 2.79 bits per heavy atom. The highest BCUT2D eigenvalue weighted by atomic mass is 16.6. The first-order chi connectivity index (χ1) is 8.75. The van der Waals surface area contributed by atoms with Crippen molar-refractivity contribution in [1.82, 2.24) is 15.1 Å². The molecule has 8 nitrogen and oxygen atoms in total. The van der Waals surface area contributed by atoms with Crippen LogP contribution in [0.2, 0.25) is 0 Å². The molecule has 0 spiro atoms. The van der Waals surface area contributed by atoms with Gasteiger partial charge < -0.3 is 11.1 Å². The number of hydrogen-bond donors (Lipinski definition) is 2. The van der Waals surface area contributed by atoms with Gasteiger partial charge in [0, 0.05) is 12.6 Å². The Morgan fingerprint density at radius 1 is 1.68 bits per heavy atom. The third-order valence-corrected chi connectivity index (χ3v) is 2.79. The number of carbonyl (C=O) groups excluding carboxylic acids is 1. The predicted octanol–water partition coefficient (Wildman–Crippen LogP) is 0.380. The molecule has 3 N–H and O–H groups in total. The Labute approximate surface area is 111 Å². The zero-order chi connectivity index (χ0) is 14.6. The number of hydrogen-bond acceptors (Lipinski definition) is 5. The van der Waals surface area contributed by atoms with Gasteiger partial charge in [0.2, 0.25) is 5.91 Å². The fourth-order valence-corrected chi connectivity index (χ4v) is 1.45. The Kier molecular flexibility index (Phi) is 4.60. The van der Waals surface area contributed by atoms with Gasteiger partial charge >= 0.3 is 5.69 Å². The maximum Gasteiger partial charge on any atom is 0.307 e. The summed E-state index contributed by atoms with van der Waals surface area (Å²) in [5.41, 5.74) is 4.46. The van der Waals surface area contributed by atoms with Crippen LogP contribution >= 0.6 is 0 Å². The van der Waals surface area contributed by atoms with Gasteiger partial charge in [-0.3, -0.25) is 19.6 Å². The molecule has 1 rings (SSSR count). The molecule has 0 saturated heterocycles. The van der Waals surface area contributed by atoms with Crippen LogP contribution < -0.4 is 11.1 Å². The molecule has 106 valence electrons. The molecule has 0 aliphatic rings. The smallest absolute Gasteiger partial charge is 0.307 e. The van der Waals surface area contributed by atoms with E-state index in [-0.39, 0.29) is 17.6 Å². The molecule has 1 amide bonds. The Hall–Kier alpha value is -1.96. The molecule has 0 saturated carbocycles. The van der Waals surface area contributed by atoms with E-state index in [0.29, 0.717) is 13.0 Å². The molecule has 1 unspecified atom stereocenters. The van der Waals surface area contributed by atoms with Crippen molar-refractivity contribution in [2.45, 2.75) is 38.8 Å². The summed E-state index contributed by atoms with van der Waals surface area (Å²) in [4.78, 5) is 22.1. The molecule has 1 heterocycles. The largest absolute Gasteiger partial charge is 0.354 e. The lowest BCUT2D eigenvalue weighted by Crippen LogP contribution is -2.45. The van der Waals surface area contributed by atoms with Crippen molar-refractivity contribution in [1.29, 1.82) is 0 Å². The van der Waals surface area contributed by atoms with Crippen LogP contribution in [-0.4, -0.2) is 33.2 Å². The van der Waals surface area contributed by atoms with E-state index in [1.165, 1.54) is 10.9 Å². The molecule has 8 heteroatoms. The second-order valence-corrected chi connectivity index (χ2v) is 4.98. The van der Waals surface area contributed by atoms with E-state index in [2.05, 4.69) is 10.4 Å². The minimum Gasteiger partial charge on any atom is -0.354 e. The number of nitrogens with zero attached hydrogens (tertiary/aromatic N) is 3. The molecule has 1 aromatic heterocycles. The van der Waals surface area contributed by atoms with Crippen molar-refractivity contribution in [2.75, 3.05) is 6.54 Å². The van der Waals surface area contributed by atoms with Crippen LogP contribution in [0.3, 0.4) is 0 Å². The highest BCUT2D eigenvalue weighted by molar-refractivity contribution is 5.83. The number of rotatable bonds is 6. The third-order valence-electron chi connectivity index (χ3n) is 2.79. The number of nitrogens with one attached hydrogen (secondary N) is 1. The number of carbonyl (C=O) groups is 1. The van der Waals surface area contributed by atoms with Crippen LogP contribution in [0.4, 0.5) is 5.69 Å². The van der Waals surface area contributed by atoms with E-state index < -0.39 is 10.5 Å². The topological polar surface area (TPSA) is 116 Å². The summed E-state index contributed by atoms with van der Waals surface area (Å²) >= 11 is 0. The minimum absolute atomic E-state index is 0.00852. The molecule has 1 aromatic rings. The van der Waals surface area contributed by atoms with Gasteiger partial charge in [-0.15, -0.1) is 0 Å². The zero-order valence-corrected chi connectivity index (χ0v) is 11.3. The van der Waals surface area contributed by atoms with E-state index in [1.54, 1.807) is 13.8 Å². The van der Waals surface area contributed by atoms with Gasteiger partial charge in [0.1, 0.15) is 17.9 Å². The van der Waals surface area contributed by atoms with Crippen molar-refractivity contribution in [2.24, 2.45) is 5.73 Å². The van der Waals surface area contributed by atoms with Crippen molar-refractivity contribution >= 4 is 11.6 Å². The fraction of sp³-hybridized carbons (Fsp3) is 0.636. The van der Waals surface area contributed by atoms with E-state index in [4.69, 9.17) is 5.73 Å². The van der Waals surface area contributed by atoms with Gasteiger partial charge in [0.05, 0.1) is 4.92 Å². The lowest BCUT2D eigenvalue weighted by molar-refractivity contribution is -0.385. The van der Waals surface area contributed by atoms with E-state index in [9.17, 15) is 14.9 Å². The number of amides is 1. The van der Waals surface area contributed by atoms with E-state index >= 15 is 0 Å². The second kappa shape index (κ2) is 5.79. The fourth-order valence-electron chi connectivity index (χ4n) is 1.45. The average molecular weight is 269 g/mol. The van der Waals surface area contributed by atoms with Crippen molar-refractivity contribution in [3.63, 3.8) is 0 Å². The maximum absolute atomic E-state index is 12.0. The van der Waals surface area contributed by atoms with E-state index in [1.807, 2.05) is 6.92 Å². The van der Waals surface area contributed by atoms with Crippen LogP contribution in [0.15, 0.2) is 12.4 Å². The number of aromatic nitrogens is 2. The van der Waals surface area contributed by atoms with Crippen LogP contribution in [0.1, 0.15) is 27.2 Å². The zero-order valence-electron chi connectivity index (χ0n) is 11.3. The minimum atomic E-state index is -0.994.